The molecule has 0 spiro atoms. The first-order valence-corrected chi connectivity index (χ1v) is 21.7. The Kier molecular flexibility index (Phi) is 9.97. The van der Waals surface area contributed by atoms with Crippen LogP contribution in [-0.4, -0.2) is 4.57 Å². The van der Waals surface area contributed by atoms with Crippen molar-refractivity contribution in [2.24, 2.45) is 0 Å². The molecule has 0 saturated carbocycles. The summed E-state index contributed by atoms with van der Waals surface area (Å²) in [5.74, 6) is 0. The zero-order valence-corrected chi connectivity index (χ0v) is 35.2. The van der Waals surface area contributed by atoms with Crippen molar-refractivity contribution in [2.75, 3.05) is 4.90 Å². The molecule has 1 aromatic heterocycles. The summed E-state index contributed by atoms with van der Waals surface area (Å²) >= 11 is 7.22. The maximum Gasteiger partial charge on any atom is 0.0618 e. The molecule has 0 aliphatic rings. The van der Waals surface area contributed by atoms with E-state index in [-0.39, 0.29) is 0 Å². The molecule has 2 nitrogen and oxygen atoms in total. The first-order valence-electron chi connectivity index (χ1n) is 21.4. The normalized spacial score (nSPS) is 11.3. The molecule has 1 heterocycles. The van der Waals surface area contributed by atoms with Gasteiger partial charge in [0, 0.05) is 44.0 Å². The third-order valence-corrected chi connectivity index (χ3v) is 12.2. The van der Waals surface area contributed by atoms with Gasteiger partial charge in [-0.25, -0.2) is 0 Å². The predicted molar refractivity (Wildman–Crippen MR) is 268 cm³/mol. The number of nitrogens with zero attached hydrogens (tertiary/aromatic N) is 2. The highest BCUT2D eigenvalue weighted by molar-refractivity contribution is 6.31. The van der Waals surface area contributed by atoms with Gasteiger partial charge < -0.3 is 9.47 Å². The Bertz CT molecular complexity index is 3290. The molecular weight excluding hydrogens is 784 g/mol. The molecule has 0 aliphatic carbocycles. The third kappa shape index (κ3) is 7.27. The second-order valence-electron chi connectivity index (χ2n) is 15.9. The van der Waals surface area contributed by atoms with E-state index in [0.717, 1.165) is 78.3 Å². The van der Waals surface area contributed by atoms with Gasteiger partial charge in [0.2, 0.25) is 0 Å². The van der Waals surface area contributed by atoms with Gasteiger partial charge in [0.15, 0.2) is 0 Å². The fraction of sp³-hybridized carbons (Fsp3) is 0. The Balaban J connectivity index is 1.22. The number of aromatic nitrogens is 1. The first-order chi connectivity index (χ1) is 31.2. The molecule has 0 unspecified atom stereocenters. The molecule has 0 fully saturated rings. The van der Waals surface area contributed by atoms with Crippen LogP contribution in [0.5, 0.6) is 0 Å². The number of anilines is 3. The summed E-state index contributed by atoms with van der Waals surface area (Å²) in [6, 6.07) is 89.0. The van der Waals surface area contributed by atoms with E-state index >= 15 is 0 Å². The second-order valence-corrected chi connectivity index (χ2v) is 16.3. The van der Waals surface area contributed by atoms with Crippen molar-refractivity contribution < 1.29 is 0 Å². The maximum absolute atomic E-state index is 7.22. The van der Waals surface area contributed by atoms with E-state index in [4.69, 9.17) is 11.6 Å². The van der Waals surface area contributed by atoms with Gasteiger partial charge in [-0.2, -0.15) is 0 Å². The number of para-hydroxylation sites is 3. The molecule has 0 saturated heterocycles. The lowest BCUT2D eigenvalue weighted by molar-refractivity contribution is 1.18. The lowest BCUT2D eigenvalue weighted by Crippen LogP contribution is -2.13. The molecule has 11 aromatic rings. The van der Waals surface area contributed by atoms with E-state index in [1.807, 2.05) is 0 Å². The predicted octanol–water partition coefficient (Wildman–Crippen LogP) is 17.2. The third-order valence-electron chi connectivity index (χ3n) is 12.0. The Morgan fingerprint density at radius 2 is 0.778 bits per heavy atom. The minimum absolute atomic E-state index is 0.661. The Labute approximate surface area is 373 Å². The number of hydrogen-bond donors (Lipinski definition) is 0. The highest BCUT2D eigenvalue weighted by Crippen LogP contribution is 2.49. The van der Waals surface area contributed by atoms with E-state index < -0.39 is 0 Å². The van der Waals surface area contributed by atoms with Gasteiger partial charge in [0.25, 0.3) is 0 Å². The highest BCUT2D eigenvalue weighted by Gasteiger charge is 2.25. The molecule has 3 heteroatoms. The van der Waals surface area contributed by atoms with Crippen molar-refractivity contribution >= 4 is 50.5 Å². The summed E-state index contributed by atoms with van der Waals surface area (Å²) in [6.07, 6.45) is 0. The van der Waals surface area contributed by atoms with Crippen LogP contribution in [0.1, 0.15) is 0 Å². The van der Waals surface area contributed by atoms with Crippen molar-refractivity contribution in [3.8, 4) is 61.3 Å². The van der Waals surface area contributed by atoms with Gasteiger partial charge in [-0.05, 0) is 111 Å². The van der Waals surface area contributed by atoms with Crippen molar-refractivity contribution in [1.82, 2.24) is 4.57 Å². The molecule has 298 valence electrons. The van der Waals surface area contributed by atoms with Crippen LogP contribution in [-0.2, 0) is 0 Å². The van der Waals surface area contributed by atoms with Crippen LogP contribution in [0.25, 0.3) is 83.1 Å². The second kappa shape index (κ2) is 16.5. The monoisotopic (exact) mass is 824 g/mol. The first kappa shape index (κ1) is 38.0. The number of hydrogen-bond acceptors (Lipinski definition) is 1. The topological polar surface area (TPSA) is 8.17 Å². The number of rotatable bonds is 9. The minimum atomic E-state index is 0.661. The van der Waals surface area contributed by atoms with Crippen LogP contribution < -0.4 is 4.90 Å². The molecule has 0 N–H and O–H groups in total. The molecule has 11 rings (SSSR count). The summed E-state index contributed by atoms with van der Waals surface area (Å²) in [4.78, 5) is 2.43. The summed E-state index contributed by atoms with van der Waals surface area (Å²) in [5, 5.41) is 3.02. The Morgan fingerprint density at radius 1 is 0.302 bits per heavy atom. The van der Waals surface area contributed by atoms with E-state index in [1.165, 1.54) is 21.9 Å². The number of fused-ring (bicyclic) bond motifs is 3. The molecule has 0 aliphatic heterocycles. The quantitative estimate of drug-likeness (QED) is 0.141. The van der Waals surface area contributed by atoms with Crippen LogP contribution >= 0.6 is 11.6 Å². The average molecular weight is 825 g/mol. The average Bonchev–Trinajstić information content (AvgIpc) is 3.69. The van der Waals surface area contributed by atoms with Crippen LogP contribution in [0.2, 0.25) is 5.02 Å². The fourth-order valence-electron chi connectivity index (χ4n) is 9.11. The molecule has 0 amide bonds. The Hall–Kier alpha value is -7.91. The van der Waals surface area contributed by atoms with E-state index in [1.54, 1.807) is 0 Å². The van der Waals surface area contributed by atoms with Crippen LogP contribution in [0.4, 0.5) is 17.1 Å². The molecule has 0 radical (unpaired) electrons. The van der Waals surface area contributed by atoms with Crippen molar-refractivity contribution in [3.63, 3.8) is 0 Å². The van der Waals surface area contributed by atoms with Crippen LogP contribution in [0.3, 0.4) is 0 Å². The van der Waals surface area contributed by atoms with Gasteiger partial charge in [-0.15, -0.1) is 0 Å². The zero-order chi connectivity index (χ0) is 42.1. The fourth-order valence-corrected chi connectivity index (χ4v) is 9.34. The summed E-state index contributed by atoms with van der Waals surface area (Å²) in [7, 11) is 0. The highest BCUT2D eigenvalue weighted by atomic mass is 35.5. The van der Waals surface area contributed by atoms with Gasteiger partial charge in [-0.1, -0.05) is 194 Å². The van der Waals surface area contributed by atoms with E-state index in [9.17, 15) is 0 Å². The van der Waals surface area contributed by atoms with Crippen LogP contribution in [0.15, 0.2) is 249 Å². The Morgan fingerprint density at radius 3 is 1.38 bits per heavy atom. The zero-order valence-electron chi connectivity index (χ0n) is 34.4. The smallest absolute Gasteiger partial charge is 0.0618 e. The molecular formula is C60H41ClN2. The standard InChI is InChI=1S/C60H41ClN2/c61-50-38-49(44-22-9-3-10-23-44)39-53(40-50)62(52-34-35-59-57(41-52)56-30-13-14-33-58(56)63(59)51-28-11-4-12-29-51)60-54(47-26-15-24-45(36-47)42-18-5-1-6-19-42)31-17-32-55(60)48-27-16-25-46(37-48)43-20-7-2-8-21-43/h1-41H. The number of benzene rings is 10. The molecule has 63 heavy (non-hydrogen) atoms. The van der Waals surface area contributed by atoms with Gasteiger partial charge >= 0.3 is 0 Å². The van der Waals surface area contributed by atoms with Gasteiger partial charge in [0.1, 0.15) is 0 Å². The van der Waals surface area contributed by atoms with Crippen molar-refractivity contribution in [1.29, 1.82) is 0 Å². The lowest BCUT2D eigenvalue weighted by Gasteiger charge is -2.31. The summed E-state index contributed by atoms with van der Waals surface area (Å²) < 4.78 is 2.37. The SMILES string of the molecule is Clc1cc(-c2ccccc2)cc(N(c2ccc3c(c2)c2ccccc2n3-c2ccccc2)c2c(-c3cccc(-c4ccccc4)c3)cccc2-c2cccc(-c3ccccc3)c2)c1. The van der Waals surface area contributed by atoms with Crippen LogP contribution in [0, 0.1) is 0 Å². The van der Waals surface area contributed by atoms with Crippen molar-refractivity contribution in [2.45, 2.75) is 0 Å². The number of halogens is 1. The summed E-state index contributed by atoms with van der Waals surface area (Å²) in [6.45, 7) is 0. The van der Waals surface area contributed by atoms with E-state index in [0.29, 0.717) is 5.02 Å². The molecule has 0 atom stereocenters. The molecule has 0 bridgehead atoms. The summed E-state index contributed by atoms with van der Waals surface area (Å²) in [5.41, 5.74) is 17.7. The largest absolute Gasteiger partial charge is 0.309 e. The van der Waals surface area contributed by atoms with Gasteiger partial charge in [-0.3, -0.25) is 0 Å². The molecule has 10 aromatic carbocycles. The lowest BCUT2D eigenvalue weighted by atomic mass is 9.91. The maximum atomic E-state index is 7.22. The van der Waals surface area contributed by atoms with Gasteiger partial charge in [0.05, 0.1) is 16.7 Å². The van der Waals surface area contributed by atoms with E-state index in [2.05, 4.69) is 258 Å². The minimum Gasteiger partial charge on any atom is -0.309 e. The van der Waals surface area contributed by atoms with Crippen molar-refractivity contribution in [3.05, 3.63) is 254 Å².